The fourth-order valence-electron chi connectivity index (χ4n) is 3.45. The number of likely N-dealkylation sites (tertiary alicyclic amines) is 1. The van der Waals surface area contributed by atoms with Gasteiger partial charge in [-0.1, -0.05) is 0 Å². The number of ether oxygens (including phenoxy) is 3. The highest BCUT2D eigenvalue weighted by Gasteiger charge is 2.65. The van der Waals surface area contributed by atoms with Crippen LogP contribution in [0.25, 0.3) is 0 Å². The van der Waals surface area contributed by atoms with E-state index in [2.05, 4.69) is 31.1 Å². The molecule has 10 heteroatoms. The Kier molecular flexibility index (Phi) is 6.05. The molecule has 1 aromatic heterocycles. The molecule has 0 bridgehead atoms. The highest BCUT2D eigenvalue weighted by molar-refractivity contribution is 9.10. The number of esters is 1. The molecule has 1 N–H and O–H groups in total. The Balaban J connectivity index is 1.67. The van der Waals surface area contributed by atoms with Crippen molar-refractivity contribution in [2.24, 2.45) is 5.41 Å². The maximum absolute atomic E-state index is 12.2. The van der Waals surface area contributed by atoms with E-state index in [1.807, 2.05) is 33.1 Å². The van der Waals surface area contributed by atoms with Gasteiger partial charge in [0.25, 0.3) is 0 Å². The molecular weight excluding hydrogens is 450 g/mol. The van der Waals surface area contributed by atoms with E-state index in [4.69, 9.17) is 14.2 Å². The van der Waals surface area contributed by atoms with Crippen molar-refractivity contribution in [3.8, 4) is 0 Å². The van der Waals surface area contributed by atoms with Gasteiger partial charge in [0.1, 0.15) is 34.2 Å². The third kappa shape index (κ3) is 4.50. The number of hydrogen-bond donors (Lipinski definition) is 1. The first-order valence-corrected chi connectivity index (χ1v) is 10.8. The molecule has 3 heterocycles. The Morgan fingerprint density at radius 3 is 2.71 bits per heavy atom. The Morgan fingerprint density at radius 2 is 2.18 bits per heavy atom. The van der Waals surface area contributed by atoms with Gasteiger partial charge in [-0.25, -0.2) is 9.78 Å². The molecule has 0 aromatic carbocycles. The van der Waals surface area contributed by atoms with Crippen LogP contribution in [0.2, 0.25) is 0 Å². The van der Waals surface area contributed by atoms with Crippen LogP contribution >= 0.6 is 27.3 Å². The lowest BCUT2D eigenvalue weighted by molar-refractivity contribution is -0.317. The second-order valence-corrected chi connectivity index (χ2v) is 10.0. The van der Waals surface area contributed by atoms with Crippen molar-refractivity contribution in [1.82, 2.24) is 15.2 Å². The summed E-state index contributed by atoms with van der Waals surface area (Å²) in [5.41, 5.74) is -0.858. The van der Waals surface area contributed by atoms with Gasteiger partial charge < -0.3 is 14.2 Å². The molecule has 3 atom stereocenters. The van der Waals surface area contributed by atoms with Gasteiger partial charge in [0.2, 0.25) is 0 Å². The monoisotopic (exact) mass is 475 g/mol. The summed E-state index contributed by atoms with van der Waals surface area (Å²) in [6.07, 6.45) is -1.14. The van der Waals surface area contributed by atoms with Gasteiger partial charge in [-0.3, -0.25) is 15.0 Å². The smallest absolute Gasteiger partial charge is 0.409 e. The first kappa shape index (κ1) is 21.5. The molecule has 0 aliphatic carbocycles. The predicted octanol–water partition coefficient (Wildman–Crippen LogP) is 3.08. The minimum atomic E-state index is -0.579. The van der Waals surface area contributed by atoms with E-state index in [9.17, 15) is 9.59 Å². The van der Waals surface area contributed by atoms with Gasteiger partial charge in [-0.05, 0) is 43.6 Å². The molecule has 1 unspecified atom stereocenters. The summed E-state index contributed by atoms with van der Waals surface area (Å²) in [4.78, 5) is 30.0. The molecule has 2 aliphatic heterocycles. The number of halogens is 1. The quantitative estimate of drug-likeness (QED) is 0.654. The lowest BCUT2D eigenvalue weighted by Gasteiger charge is -2.64. The summed E-state index contributed by atoms with van der Waals surface area (Å²) >= 11 is 4.91. The number of carbonyl (C=O) groups is 2. The zero-order chi connectivity index (χ0) is 20.7. The predicted molar refractivity (Wildman–Crippen MR) is 107 cm³/mol. The zero-order valence-corrected chi connectivity index (χ0v) is 19.1. The zero-order valence-electron chi connectivity index (χ0n) is 16.7. The molecule has 3 rings (SSSR count). The second-order valence-electron chi connectivity index (χ2n) is 8.34. The SMILES string of the molecule is CC(=O)OCC(C)N1CC2(C1)[C@@H](c1nc(Br)cs1)O[C@@H]2NC(=O)OC(C)(C)C. The summed E-state index contributed by atoms with van der Waals surface area (Å²) < 4.78 is 17.3. The average molecular weight is 476 g/mol. The van der Waals surface area contributed by atoms with Crippen LogP contribution in [0.1, 0.15) is 45.7 Å². The van der Waals surface area contributed by atoms with Gasteiger partial charge in [0.15, 0.2) is 0 Å². The molecule has 2 aliphatic rings. The number of carbonyl (C=O) groups excluding carboxylic acids is 2. The van der Waals surface area contributed by atoms with E-state index < -0.39 is 17.9 Å². The van der Waals surface area contributed by atoms with Crippen molar-refractivity contribution < 1.29 is 23.8 Å². The van der Waals surface area contributed by atoms with Crippen LogP contribution in [0.15, 0.2) is 9.98 Å². The van der Waals surface area contributed by atoms with Crippen molar-refractivity contribution >= 4 is 39.3 Å². The minimum absolute atomic E-state index is 0.0842. The van der Waals surface area contributed by atoms with Crippen molar-refractivity contribution in [3.63, 3.8) is 0 Å². The minimum Gasteiger partial charge on any atom is -0.464 e. The molecule has 1 spiro atoms. The number of amides is 1. The van der Waals surface area contributed by atoms with E-state index in [1.165, 1.54) is 18.3 Å². The van der Waals surface area contributed by atoms with Crippen LogP contribution in [0, 0.1) is 5.41 Å². The van der Waals surface area contributed by atoms with Crippen molar-refractivity contribution in [1.29, 1.82) is 0 Å². The molecular formula is C18H26BrN3O5S. The fourth-order valence-corrected chi connectivity index (χ4v) is 4.88. The van der Waals surface area contributed by atoms with E-state index in [-0.39, 0.29) is 23.5 Å². The highest BCUT2D eigenvalue weighted by Crippen LogP contribution is 2.57. The number of nitrogens with zero attached hydrogens (tertiary/aromatic N) is 2. The van der Waals surface area contributed by atoms with Crippen LogP contribution in [-0.2, 0) is 19.0 Å². The Labute approximate surface area is 177 Å². The summed E-state index contributed by atoms with van der Waals surface area (Å²) in [6.45, 7) is 10.6. The van der Waals surface area contributed by atoms with Crippen LogP contribution in [0.3, 0.4) is 0 Å². The maximum atomic E-state index is 12.2. The summed E-state index contributed by atoms with van der Waals surface area (Å²) in [5, 5.41) is 5.65. The molecule has 2 fully saturated rings. The van der Waals surface area contributed by atoms with Crippen molar-refractivity contribution in [3.05, 3.63) is 15.0 Å². The van der Waals surface area contributed by atoms with Crippen LogP contribution in [-0.4, -0.2) is 59.5 Å². The van der Waals surface area contributed by atoms with E-state index >= 15 is 0 Å². The normalized spacial score (nSPS) is 24.8. The first-order valence-electron chi connectivity index (χ1n) is 9.13. The third-order valence-electron chi connectivity index (χ3n) is 4.83. The standard InChI is InChI=1S/C18H26BrN3O5S/c1-10(6-25-11(2)23)22-8-18(9-22)13(14-20-12(19)7-28-14)26-15(18)21-16(24)27-17(3,4)5/h7,10,13,15H,6,8-9H2,1-5H3,(H,21,24)/t10?,13-,15+/m1/s1. The molecule has 156 valence electrons. The number of thiazole rings is 1. The lowest BCUT2D eigenvalue weighted by atomic mass is 9.68. The maximum Gasteiger partial charge on any atom is 0.409 e. The van der Waals surface area contributed by atoms with E-state index in [1.54, 1.807) is 0 Å². The molecule has 1 amide bonds. The fraction of sp³-hybridized carbons (Fsp3) is 0.722. The Hall–Kier alpha value is -1.23. The number of aromatic nitrogens is 1. The van der Waals surface area contributed by atoms with E-state index in [0.717, 1.165) is 9.61 Å². The number of alkyl carbamates (subject to hydrolysis) is 1. The summed E-state index contributed by atoms with van der Waals surface area (Å²) in [7, 11) is 0. The second kappa shape index (κ2) is 7.89. The van der Waals surface area contributed by atoms with Gasteiger partial charge in [-0.2, -0.15) is 0 Å². The topological polar surface area (TPSA) is 90.0 Å². The summed E-state index contributed by atoms with van der Waals surface area (Å²) in [5.74, 6) is -0.288. The van der Waals surface area contributed by atoms with Crippen LogP contribution < -0.4 is 5.32 Å². The first-order chi connectivity index (χ1) is 13.0. The molecule has 1 aromatic rings. The Morgan fingerprint density at radius 1 is 1.50 bits per heavy atom. The van der Waals surface area contributed by atoms with Gasteiger partial charge in [0.05, 0.1) is 5.41 Å². The molecule has 0 saturated carbocycles. The van der Waals surface area contributed by atoms with E-state index in [0.29, 0.717) is 19.7 Å². The molecule has 0 radical (unpaired) electrons. The third-order valence-corrected chi connectivity index (χ3v) is 6.43. The van der Waals surface area contributed by atoms with Gasteiger partial charge in [-0.15, -0.1) is 11.3 Å². The van der Waals surface area contributed by atoms with Crippen LogP contribution in [0.5, 0.6) is 0 Å². The van der Waals surface area contributed by atoms with Crippen molar-refractivity contribution in [2.45, 2.75) is 58.6 Å². The average Bonchev–Trinajstić information content (AvgIpc) is 2.91. The molecule has 28 heavy (non-hydrogen) atoms. The van der Waals surface area contributed by atoms with Gasteiger partial charge >= 0.3 is 12.1 Å². The summed E-state index contributed by atoms with van der Waals surface area (Å²) in [6, 6.07) is 0.0842. The number of rotatable bonds is 5. The van der Waals surface area contributed by atoms with Crippen molar-refractivity contribution in [2.75, 3.05) is 19.7 Å². The number of hydrogen-bond acceptors (Lipinski definition) is 8. The number of nitrogens with one attached hydrogen (secondary N) is 1. The lowest BCUT2D eigenvalue weighted by Crippen LogP contribution is -2.76. The largest absolute Gasteiger partial charge is 0.464 e. The highest BCUT2D eigenvalue weighted by atomic mass is 79.9. The van der Waals surface area contributed by atoms with Gasteiger partial charge in [0, 0.05) is 31.4 Å². The molecule has 8 nitrogen and oxygen atoms in total. The van der Waals surface area contributed by atoms with Crippen LogP contribution in [0.4, 0.5) is 4.79 Å². The Bertz CT molecular complexity index is 744. The molecule has 2 saturated heterocycles.